The Morgan fingerprint density at radius 3 is 2.35 bits per heavy atom. The average Bonchev–Trinajstić information content (AvgIpc) is 2.68. The molecule has 0 unspecified atom stereocenters. The van der Waals surface area contributed by atoms with Crippen LogP contribution in [0.25, 0.3) is 0 Å². The lowest BCUT2D eigenvalue weighted by Gasteiger charge is -2.34. The first-order valence-corrected chi connectivity index (χ1v) is 9.95. The molecule has 26 heavy (non-hydrogen) atoms. The van der Waals surface area contributed by atoms with Gasteiger partial charge in [0.25, 0.3) is 0 Å². The fraction of sp³-hybridized carbons (Fsp3) is 0.619. The molecule has 1 atom stereocenters. The Balaban J connectivity index is 1.94. The number of nitrogens with one attached hydrogen (secondary N) is 1. The molecule has 5 heteroatoms. The number of hydrogen-bond acceptors (Lipinski definition) is 2. The summed E-state index contributed by atoms with van der Waals surface area (Å²) in [5, 5.41) is 3.13. The number of likely N-dealkylation sites (tertiary alicyclic amines) is 1. The van der Waals surface area contributed by atoms with Crippen LogP contribution in [-0.4, -0.2) is 47.9 Å². The van der Waals surface area contributed by atoms with Crippen molar-refractivity contribution in [3.05, 3.63) is 29.8 Å². The predicted octanol–water partition coefficient (Wildman–Crippen LogP) is 4.31. The van der Waals surface area contributed by atoms with Gasteiger partial charge in [-0.25, -0.2) is 4.79 Å². The Kier molecular flexibility index (Phi) is 7.49. The number of piperidine rings is 1. The van der Waals surface area contributed by atoms with Crippen LogP contribution in [0.4, 0.5) is 10.5 Å². The van der Waals surface area contributed by atoms with E-state index in [1.807, 2.05) is 41.8 Å². The number of anilines is 1. The van der Waals surface area contributed by atoms with Crippen LogP contribution in [0.3, 0.4) is 0 Å². The Morgan fingerprint density at radius 2 is 1.77 bits per heavy atom. The van der Waals surface area contributed by atoms with E-state index in [0.29, 0.717) is 19.0 Å². The molecule has 1 saturated heterocycles. The monoisotopic (exact) mass is 359 g/mol. The minimum Gasteiger partial charge on any atom is -0.326 e. The lowest BCUT2D eigenvalue weighted by atomic mass is 9.94. The maximum absolute atomic E-state index is 12.7. The van der Waals surface area contributed by atoms with E-state index in [2.05, 4.69) is 25.2 Å². The maximum Gasteiger partial charge on any atom is 0.319 e. The van der Waals surface area contributed by atoms with Gasteiger partial charge in [-0.3, -0.25) is 4.79 Å². The van der Waals surface area contributed by atoms with Gasteiger partial charge in [-0.2, -0.15) is 0 Å². The smallest absolute Gasteiger partial charge is 0.319 e. The Morgan fingerprint density at radius 1 is 1.15 bits per heavy atom. The van der Waals surface area contributed by atoms with E-state index in [1.165, 1.54) is 5.56 Å². The van der Waals surface area contributed by atoms with Gasteiger partial charge >= 0.3 is 6.03 Å². The topological polar surface area (TPSA) is 52.7 Å². The van der Waals surface area contributed by atoms with Crippen LogP contribution in [0.15, 0.2) is 24.3 Å². The van der Waals surface area contributed by atoms with E-state index in [4.69, 9.17) is 0 Å². The highest BCUT2D eigenvalue weighted by atomic mass is 16.2. The van der Waals surface area contributed by atoms with Crippen molar-refractivity contribution in [2.45, 2.75) is 52.9 Å². The van der Waals surface area contributed by atoms with Crippen molar-refractivity contribution in [1.82, 2.24) is 9.80 Å². The Labute approximate surface area is 157 Å². The number of nitrogens with zero attached hydrogens (tertiary/aromatic N) is 2. The van der Waals surface area contributed by atoms with Gasteiger partial charge in [0.1, 0.15) is 0 Å². The SMILES string of the molecule is CC[C@@H](C)c1ccccc1NC(=O)C1CCN(C(=O)N(CC)CC)CC1. The molecular weight excluding hydrogens is 326 g/mol. The summed E-state index contributed by atoms with van der Waals surface area (Å²) in [5.74, 6) is 0.469. The van der Waals surface area contributed by atoms with E-state index in [0.717, 1.165) is 38.0 Å². The van der Waals surface area contributed by atoms with Crippen molar-refractivity contribution in [2.24, 2.45) is 5.92 Å². The third-order valence-corrected chi connectivity index (χ3v) is 5.53. The van der Waals surface area contributed by atoms with Gasteiger partial charge in [-0.1, -0.05) is 32.0 Å². The Hall–Kier alpha value is -2.04. The van der Waals surface area contributed by atoms with Crippen molar-refractivity contribution in [3.8, 4) is 0 Å². The molecular formula is C21H33N3O2. The van der Waals surface area contributed by atoms with Crippen LogP contribution in [0, 0.1) is 5.92 Å². The number of para-hydroxylation sites is 1. The molecule has 1 fully saturated rings. The lowest BCUT2D eigenvalue weighted by molar-refractivity contribution is -0.121. The summed E-state index contributed by atoms with van der Waals surface area (Å²) >= 11 is 0. The molecule has 0 saturated carbocycles. The predicted molar refractivity (Wildman–Crippen MR) is 106 cm³/mol. The molecule has 2 rings (SSSR count). The Bertz CT molecular complexity index is 605. The second-order valence-corrected chi connectivity index (χ2v) is 7.10. The maximum atomic E-state index is 12.7. The van der Waals surface area contributed by atoms with E-state index < -0.39 is 0 Å². The summed E-state index contributed by atoms with van der Waals surface area (Å²) in [6.45, 7) is 11.1. The number of carbonyl (C=O) groups is 2. The fourth-order valence-electron chi connectivity index (χ4n) is 3.52. The molecule has 5 nitrogen and oxygen atoms in total. The van der Waals surface area contributed by atoms with Crippen LogP contribution >= 0.6 is 0 Å². The summed E-state index contributed by atoms with van der Waals surface area (Å²) in [5.41, 5.74) is 2.12. The van der Waals surface area contributed by atoms with Crippen molar-refractivity contribution < 1.29 is 9.59 Å². The van der Waals surface area contributed by atoms with Crippen LogP contribution in [0.2, 0.25) is 0 Å². The minimum absolute atomic E-state index is 0.0271. The van der Waals surface area contributed by atoms with Crippen molar-refractivity contribution in [2.75, 3.05) is 31.5 Å². The standard InChI is InChI=1S/C21H33N3O2/c1-5-16(4)18-10-8-9-11-19(18)22-20(25)17-12-14-24(15-13-17)21(26)23(6-2)7-3/h8-11,16-17H,5-7,12-15H2,1-4H3,(H,22,25)/t16-/m1/s1. The first-order valence-electron chi connectivity index (χ1n) is 9.95. The molecule has 0 radical (unpaired) electrons. The summed E-state index contributed by atoms with van der Waals surface area (Å²) in [6.07, 6.45) is 2.49. The highest BCUT2D eigenvalue weighted by Gasteiger charge is 2.29. The largest absolute Gasteiger partial charge is 0.326 e. The molecule has 1 aliphatic heterocycles. The van der Waals surface area contributed by atoms with Gasteiger partial charge in [0, 0.05) is 37.8 Å². The molecule has 3 amide bonds. The zero-order chi connectivity index (χ0) is 19.1. The highest BCUT2D eigenvalue weighted by molar-refractivity contribution is 5.93. The molecule has 1 aliphatic rings. The number of rotatable bonds is 6. The zero-order valence-electron chi connectivity index (χ0n) is 16.6. The highest BCUT2D eigenvalue weighted by Crippen LogP contribution is 2.28. The number of carbonyl (C=O) groups excluding carboxylic acids is 2. The zero-order valence-corrected chi connectivity index (χ0v) is 16.6. The molecule has 1 N–H and O–H groups in total. The number of amides is 3. The first-order chi connectivity index (χ1) is 12.5. The molecule has 1 aromatic rings. The normalized spacial score (nSPS) is 16.2. The fourth-order valence-corrected chi connectivity index (χ4v) is 3.52. The number of urea groups is 1. The van der Waals surface area contributed by atoms with Gasteiger partial charge in [0.2, 0.25) is 5.91 Å². The van der Waals surface area contributed by atoms with Gasteiger partial charge in [-0.15, -0.1) is 0 Å². The molecule has 1 heterocycles. The van der Waals surface area contributed by atoms with Crippen molar-refractivity contribution >= 4 is 17.6 Å². The summed E-state index contributed by atoms with van der Waals surface area (Å²) in [6, 6.07) is 8.16. The molecule has 144 valence electrons. The van der Waals surface area contributed by atoms with Gasteiger partial charge in [0.15, 0.2) is 0 Å². The van der Waals surface area contributed by atoms with Gasteiger partial charge in [0.05, 0.1) is 0 Å². The molecule has 0 spiro atoms. The number of benzene rings is 1. The number of hydrogen-bond donors (Lipinski definition) is 1. The van der Waals surface area contributed by atoms with Gasteiger partial charge < -0.3 is 15.1 Å². The second kappa shape index (κ2) is 9.60. The lowest BCUT2D eigenvalue weighted by Crippen LogP contribution is -2.47. The van der Waals surface area contributed by atoms with E-state index in [-0.39, 0.29) is 17.9 Å². The van der Waals surface area contributed by atoms with Crippen molar-refractivity contribution in [3.63, 3.8) is 0 Å². The first kappa shape index (κ1) is 20.3. The average molecular weight is 360 g/mol. The van der Waals surface area contributed by atoms with Crippen LogP contribution in [0.5, 0.6) is 0 Å². The second-order valence-electron chi connectivity index (χ2n) is 7.10. The third kappa shape index (κ3) is 4.77. The molecule has 1 aromatic carbocycles. The van der Waals surface area contributed by atoms with E-state index in [9.17, 15) is 9.59 Å². The third-order valence-electron chi connectivity index (χ3n) is 5.53. The van der Waals surface area contributed by atoms with Crippen molar-refractivity contribution in [1.29, 1.82) is 0 Å². The van der Waals surface area contributed by atoms with Crippen LogP contribution < -0.4 is 5.32 Å². The minimum atomic E-state index is -0.0271. The summed E-state index contributed by atoms with van der Waals surface area (Å²) < 4.78 is 0. The van der Waals surface area contributed by atoms with Gasteiger partial charge in [-0.05, 0) is 50.7 Å². The molecule has 0 aromatic heterocycles. The quantitative estimate of drug-likeness (QED) is 0.823. The summed E-state index contributed by atoms with van der Waals surface area (Å²) in [4.78, 5) is 28.9. The van der Waals surface area contributed by atoms with Crippen LogP contribution in [-0.2, 0) is 4.79 Å². The van der Waals surface area contributed by atoms with E-state index in [1.54, 1.807) is 0 Å². The molecule has 0 aliphatic carbocycles. The van der Waals surface area contributed by atoms with Crippen LogP contribution in [0.1, 0.15) is 58.4 Å². The summed E-state index contributed by atoms with van der Waals surface area (Å²) in [7, 11) is 0. The molecule has 0 bridgehead atoms. The van der Waals surface area contributed by atoms with E-state index >= 15 is 0 Å².